The molecule has 0 saturated carbocycles. The average molecular weight is 339 g/mol. The van der Waals surface area contributed by atoms with E-state index in [0.717, 1.165) is 56.8 Å². The minimum atomic E-state index is 0.249. The first-order valence-corrected chi connectivity index (χ1v) is 9.29. The molecule has 0 bridgehead atoms. The number of nitrogens with zero attached hydrogens (tertiary/aromatic N) is 4. The molecule has 2 aromatic heterocycles. The molecule has 0 atom stereocenters. The van der Waals surface area contributed by atoms with E-state index in [2.05, 4.69) is 26.1 Å². The highest BCUT2D eigenvalue weighted by atomic mass is 16.2. The molecule has 0 aromatic carbocycles. The number of fused-ring (bicyclic) bond motifs is 1. The molecule has 0 spiro atoms. The molecule has 4 rings (SSSR count). The maximum Gasteiger partial charge on any atom is 0.223 e. The van der Waals surface area contributed by atoms with Crippen LogP contribution in [0.5, 0.6) is 0 Å². The first-order valence-electron chi connectivity index (χ1n) is 9.29. The lowest BCUT2D eigenvalue weighted by molar-refractivity contribution is -0.131. The summed E-state index contributed by atoms with van der Waals surface area (Å²) in [7, 11) is 0. The molecule has 1 aliphatic carbocycles. The Balaban J connectivity index is 1.29. The quantitative estimate of drug-likeness (QED) is 0.925. The monoisotopic (exact) mass is 339 g/mol. The lowest BCUT2D eigenvalue weighted by atomic mass is 9.94. The summed E-state index contributed by atoms with van der Waals surface area (Å²) in [5, 5.41) is 7.62. The maximum atomic E-state index is 12.6. The van der Waals surface area contributed by atoms with Crippen molar-refractivity contribution >= 4 is 11.6 Å². The normalized spacial score (nSPS) is 17.4. The molecule has 6 nitrogen and oxygen atoms in total. The summed E-state index contributed by atoms with van der Waals surface area (Å²) in [5.74, 6) is 0.249. The average Bonchev–Trinajstić information content (AvgIpc) is 3.10. The number of carbonyl (C=O) groups excluding carboxylic acids is 1. The summed E-state index contributed by atoms with van der Waals surface area (Å²) >= 11 is 0. The number of aromatic nitrogens is 3. The van der Waals surface area contributed by atoms with Crippen LogP contribution in [0, 0.1) is 0 Å². The zero-order valence-electron chi connectivity index (χ0n) is 14.6. The number of hydrogen-bond donors (Lipinski definition) is 1. The number of piperazine rings is 1. The van der Waals surface area contributed by atoms with Crippen molar-refractivity contribution in [2.24, 2.45) is 0 Å². The first kappa shape index (κ1) is 16.1. The molecule has 6 heteroatoms. The maximum absolute atomic E-state index is 12.6. The van der Waals surface area contributed by atoms with Gasteiger partial charge in [0.05, 0.1) is 17.6 Å². The SMILES string of the molecule is O=C(CCc1n[nH]c2c1CCCC2)N1CCN(c2cccnc2)CC1. The van der Waals surface area contributed by atoms with Gasteiger partial charge < -0.3 is 9.80 Å². The number of hydrogen-bond acceptors (Lipinski definition) is 4. The molecule has 2 aromatic rings. The van der Waals surface area contributed by atoms with Crippen LogP contribution in [0.3, 0.4) is 0 Å². The van der Waals surface area contributed by atoms with Crippen molar-refractivity contribution in [2.75, 3.05) is 31.1 Å². The summed E-state index contributed by atoms with van der Waals surface area (Å²) in [5.41, 5.74) is 4.91. The summed E-state index contributed by atoms with van der Waals surface area (Å²) in [4.78, 5) is 21.0. The van der Waals surface area contributed by atoms with Gasteiger partial charge in [-0.25, -0.2) is 0 Å². The number of anilines is 1. The van der Waals surface area contributed by atoms with E-state index in [9.17, 15) is 4.79 Å². The predicted octanol–water partition coefficient (Wildman–Crippen LogP) is 1.96. The van der Waals surface area contributed by atoms with Crippen molar-refractivity contribution in [3.05, 3.63) is 41.5 Å². The fourth-order valence-corrected chi connectivity index (χ4v) is 3.89. The number of nitrogens with one attached hydrogen (secondary N) is 1. The molecule has 0 unspecified atom stereocenters. The van der Waals surface area contributed by atoms with Crippen LogP contribution >= 0.6 is 0 Å². The number of aromatic amines is 1. The molecule has 3 heterocycles. The van der Waals surface area contributed by atoms with Gasteiger partial charge >= 0.3 is 0 Å². The third kappa shape index (κ3) is 3.52. The number of rotatable bonds is 4. The predicted molar refractivity (Wildman–Crippen MR) is 96.6 cm³/mol. The Morgan fingerprint density at radius 3 is 2.80 bits per heavy atom. The molecule has 2 aliphatic rings. The van der Waals surface area contributed by atoms with Gasteiger partial charge in [0, 0.05) is 50.9 Å². The Kier molecular flexibility index (Phi) is 4.68. The van der Waals surface area contributed by atoms with Crippen LogP contribution in [0.1, 0.15) is 36.2 Å². The summed E-state index contributed by atoms with van der Waals surface area (Å²) in [6.45, 7) is 3.31. The van der Waals surface area contributed by atoms with Crippen molar-refractivity contribution in [1.82, 2.24) is 20.1 Å². The highest BCUT2D eigenvalue weighted by Crippen LogP contribution is 2.23. The molecule has 0 radical (unpaired) electrons. The summed E-state index contributed by atoms with van der Waals surface area (Å²) in [6, 6.07) is 4.03. The van der Waals surface area contributed by atoms with E-state index < -0.39 is 0 Å². The van der Waals surface area contributed by atoms with E-state index >= 15 is 0 Å². The summed E-state index contributed by atoms with van der Waals surface area (Å²) in [6.07, 6.45) is 9.69. The van der Waals surface area contributed by atoms with E-state index in [4.69, 9.17) is 0 Å². The second-order valence-corrected chi connectivity index (χ2v) is 6.91. The third-order valence-electron chi connectivity index (χ3n) is 5.36. The molecule has 132 valence electrons. The highest BCUT2D eigenvalue weighted by molar-refractivity contribution is 5.76. The van der Waals surface area contributed by atoms with Gasteiger partial charge in [-0.3, -0.25) is 14.9 Å². The first-order chi connectivity index (χ1) is 12.3. The largest absolute Gasteiger partial charge is 0.367 e. The minimum Gasteiger partial charge on any atom is -0.367 e. The van der Waals surface area contributed by atoms with Crippen molar-refractivity contribution in [3.63, 3.8) is 0 Å². The smallest absolute Gasteiger partial charge is 0.223 e. The number of carbonyl (C=O) groups is 1. The fourth-order valence-electron chi connectivity index (χ4n) is 3.89. The zero-order chi connectivity index (χ0) is 17.1. The van der Waals surface area contributed by atoms with Gasteiger partial charge in [0.2, 0.25) is 5.91 Å². The van der Waals surface area contributed by atoms with Crippen molar-refractivity contribution in [2.45, 2.75) is 38.5 Å². The number of aryl methyl sites for hydroxylation is 2. The van der Waals surface area contributed by atoms with Gasteiger partial charge in [0.1, 0.15) is 0 Å². The van der Waals surface area contributed by atoms with Crippen molar-refractivity contribution in [3.8, 4) is 0 Å². The Bertz CT molecular complexity index is 719. The molecule has 1 amide bonds. The van der Waals surface area contributed by atoms with E-state index in [1.54, 1.807) is 6.20 Å². The summed E-state index contributed by atoms with van der Waals surface area (Å²) < 4.78 is 0. The lowest BCUT2D eigenvalue weighted by Crippen LogP contribution is -2.48. The van der Waals surface area contributed by atoms with Gasteiger partial charge in [0.15, 0.2) is 0 Å². The van der Waals surface area contributed by atoms with Gasteiger partial charge in [-0.2, -0.15) is 5.10 Å². The Hall–Kier alpha value is -2.37. The Labute approximate surface area is 148 Å². The second-order valence-electron chi connectivity index (χ2n) is 6.91. The number of H-pyrrole nitrogens is 1. The van der Waals surface area contributed by atoms with Gasteiger partial charge in [-0.1, -0.05) is 0 Å². The van der Waals surface area contributed by atoms with E-state index in [-0.39, 0.29) is 5.91 Å². The van der Waals surface area contributed by atoms with Crippen LogP contribution in [0.15, 0.2) is 24.5 Å². The van der Waals surface area contributed by atoms with Crippen LogP contribution in [0.25, 0.3) is 0 Å². The minimum absolute atomic E-state index is 0.249. The third-order valence-corrected chi connectivity index (χ3v) is 5.36. The van der Waals surface area contributed by atoms with Gasteiger partial charge in [-0.05, 0) is 43.4 Å². The van der Waals surface area contributed by atoms with Crippen LogP contribution in [-0.2, 0) is 24.1 Å². The van der Waals surface area contributed by atoms with Crippen LogP contribution < -0.4 is 4.90 Å². The van der Waals surface area contributed by atoms with E-state index in [1.807, 2.05) is 17.2 Å². The molecule has 1 fully saturated rings. The molecule has 1 N–H and O–H groups in total. The van der Waals surface area contributed by atoms with E-state index in [0.29, 0.717) is 6.42 Å². The second kappa shape index (κ2) is 7.25. The number of amides is 1. The topological polar surface area (TPSA) is 65.1 Å². The zero-order valence-corrected chi connectivity index (χ0v) is 14.6. The molecular weight excluding hydrogens is 314 g/mol. The Morgan fingerprint density at radius 2 is 2.00 bits per heavy atom. The molecule has 1 aliphatic heterocycles. The van der Waals surface area contributed by atoms with Crippen molar-refractivity contribution < 1.29 is 4.79 Å². The molecule has 25 heavy (non-hydrogen) atoms. The van der Waals surface area contributed by atoms with Gasteiger partial charge in [-0.15, -0.1) is 0 Å². The molecular formula is C19H25N5O. The van der Waals surface area contributed by atoms with Crippen LogP contribution in [0.4, 0.5) is 5.69 Å². The van der Waals surface area contributed by atoms with Gasteiger partial charge in [0.25, 0.3) is 0 Å². The molecule has 1 saturated heterocycles. The van der Waals surface area contributed by atoms with Crippen molar-refractivity contribution in [1.29, 1.82) is 0 Å². The van der Waals surface area contributed by atoms with Crippen LogP contribution in [0.2, 0.25) is 0 Å². The standard InChI is InChI=1S/C19H25N5O/c25-19(8-7-18-16-5-1-2-6-17(16)21-22-18)24-12-10-23(11-13-24)15-4-3-9-20-14-15/h3-4,9,14H,1-2,5-8,10-13H2,(H,21,22). The lowest BCUT2D eigenvalue weighted by Gasteiger charge is -2.36. The Morgan fingerprint density at radius 1 is 1.16 bits per heavy atom. The number of pyridine rings is 1. The van der Waals surface area contributed by atoms with Crippen LogP contribution in [-0.4, -0.2) is 52.2 Å². The van der Waals surface area contributed by atoms with E-state index in [1.165, 1.54) is 24.1 Å². The highest BCUT2D eigenvalue weighted by Gasteiger charge is 2.22. The fraction of sp³-hybridized carbons (Fsp3) is 0.526.